The van der Waals surface area contributed by atoms with Crippen molar-refractivity contribution in [2.45, 2.75) is 6.92 Å². The van der Waals surface area contributed by atoms with Gasteiger partial charge in [-0.05, 0) is 24.3 Å². The van der Waals surface area contributed by atoms with Crippen molar-refractivity contribution < 1.29 is 5.11 Å². The van der Waals surface area contributed by atoms with Crippen LogP contribution in [-0.2, 0) is 0 Å². The average molecular weight is 141 g/mol. The van der Waals surface area contributed by atoms with Crippen molar-refractivity contribution in [3.63, 3.8) is 0 Å². The third-order valence-corrected chi connectivity index (χ3v) is 3.11. The average Bonchev–Trinajstić information content (AvgIpc) is 2.43. The Morgan fingerprint density at radius 3 is 2.40 bits per heavy atom. The van der Waals surface area contributed by atoms with Crippen LogP contribution in [0.5, 0.6) is 0 Å². The molecule has 2 rings (SSSR count). The largest absolute Gasteiger partial charge is 0.396 e. The molecule has 0 bridgehead atoms. The van der Waals surface area contributed by atoms with Crippen molar-refractivity contribution in [1.82, 2.24) is 4.90 Å². The van der Waals surface area contributed by atoms with Crippen LogP contribution in [-0.4, -0.2) is 36.2 Å². The maximum Gasteiger partial charge on any atom is 0.0465 e. The zero-order chi connectivity index (χ0) is 7.14. The Kier molecular flexibility index (Phi) is 1.46. The lowest BCUT2D eigenvalue weighted by Gasteiger charge is -2.15. The van der Waals surface area contributed by atoms with Crippen LogP contribution in [0, 0.1) is 17.8 Å². The second kappa shape index (κ2) is 2.21. The van der Waals surface area contributed by atoms with Crippen LogP contribution >= 0.6 is 0 Å². The van der Waals surface area contributed by atoms with Gasteiger partial charge in [0, 0.05) is 19.7 Å². The molecule has 2 heteroatoms. The van der Waals surface area contributed by atoms with Crippen LogP contribution < -0.4 is 0 Å². The summed E-state index contributed by atoms with van der Waals surface area (Å²) < 4.78 is 0. The topological polar surface area (TPSA) is 23.5 Å². The molecule has 0 aromatic rings. The van der Waals surface area contributed by atoms with Crippen molar-refractivity contribution in [3.05, 3.63) is 0 Å². The lowest BCUT2D eigenvalue weighted by molar-refractivity contribution is 0.225. The molecule has 0 spiro atoms. The van der Waals surface area contributed by atoms with Crippen molar-refractivity contribution in [2.75, 3.05) is 26.2 Å². The lowest BCUT2D eigenvalue weighted by Crippen LogP contribution is -2.24. The van der Waals surface area contributed by atoms with Crippen LogP contribution in [0.25, 0.3) is 0 Å². The molecular formula is C8H15NO. The van der Waals surface area contributed by atoms with Crippen molar-refractivity contribution >= 4 is 0 Å². The number of hydrogen-bond acceptors (Lipinski definition) is 2. The number of nitrogens with zero attached hydrogens (tertiary/aromatic N) is 1. The molecule has 1 unspecified atom stereocenters. The Labute approximate surface area is 61.8 Å². The standard InChI is InChI=1S/C8H15NO/c1-2-9-3-6-7(4-9)8(6)5-10/h6-8,10H,2-5H2,1H3/t6-,7+,8?. The molecule has 10 heavy (non-hydrogen) atoms. The molecule has 1 aliphatic carbocycles. The van der Waals surface area contributed by atoms with Gasteiger partial charge in [-0.25, -0.2) is 0 Å². The molecule has 0 aromatic heterocycles. The molecule has 1 heterocycles. The quantitative estimate of drug-likeness (QED) is 0.593. The minimum Gasteiger partial charge on any atom is -0.396 e. The summed E-state index contributed by atoms with van der Waals surface area (Å²) in [6.45, 7) is 6.30. The summed E-state index contributed by atoms with van der Waals surface area (Å²) in [5.74, 6) is 2.37. The predicted molar refractivity (Wildman–Crippen MR) is 39.7 cm³/mol. The number of hydrogen-bond donors (Lipinski definition) is 1. The number of likely N-dealkylation sites (tertiary alicyclic amines) is 1. The van der Waals surface area contributed by atoms with Crippen LogP contribution in [0.1, 0.15) is 6.92 Å². The summed E-state index contributed by atoms with van der Waals surface area (Å²) >= 11 is 0. The third kappa shape index (κ3) is 0.789. The van der Waals surface area contributed by atoms with E-state index in [4.69, 9.17) is 5.11 Å². The minimum absolute atomic E-state index is 0.423. The fourth-order valence-corrected chi connectivity index (χ4v) is 2.27. The fraction of sp³-hybridized carbons (Fsp3) is 1.00. The highest BCUT2D eigenvalue weighted by molar-refractivity contribution is 5.04. The summed E-state index contributed by atoms with van der Waals surface area (Å²) in [4.78, 5) is 2.47. The number of rotatable bonds is 2. The first-order valence-electron chi connectivity index (χ1n) is 4.20. The van der Waals surface area contributed by atoms with E-state index in [1.807, 2.05) is 0 Å². The third-order valence-electron chi connectivity index (χ3n) is 3.11. The lowest BCUT2D eigenvalue weighted by atomic mass is 10.3. The van der Waals surface area contributed by atoms with E-state index in [0.717, 1.165) is 11.8 Å². The van der Waals surface area contributed by atoms with E-state index in [1.165, 1.54) is 19.6 Å². The SMILES string of the molecule is CCN1C[C@@H]2C(CO)[C@@H]2C1. The number of aliphatic hydroxyl groups excluding tert-OH is 1. The first kappa shape index (κ1) is 6.62. The maximum atomic E-state index is 8.85. The normalized spacial score (nSPS) is 45.6. The van der Waals surface area contributed by atoms with Crippen LogP contribution in [0.4, 0.5) is 0 Å². The molecule has 2 fully saturated rings. The molecule has 1 saturated carbocycles. The van der Waals surface area contributed by atoms with Gasteiger partial charge in [0.05, 0.1) is 0 Å². The van der Waals surface area contributed by atoms with Gasteiger partial charge in [0.1, 0.15) is 0 Å². The van der Waals surface area contributed by atoms with Crippen LogP contribution in [0.2, 0.25) is 0 Å². The first-order valence-corrected chi connectivity index (χ1v) is 4.20. The maximum absolute atomic E-state index is 8.85. The Morgan fingerprint density at radius 1 is 1.40 bits per heavy atom. The number of fused-ring (bicyclic) bond motifs is 1. The van der Waals surface area contributed by atoms with Gasteiger partial charge in [-0.3, -0.25) is 0 Å². The Bertz CT molecular complexity index is 123. The zero-order valence-corrected chi connectivity index (χ0v) is 6.45. The molecule has 1 aliphatic heterocycles. The highest BCUT2D eigenvalue weighted by atomic mass is 16.3. The summed E-state index contributed by atoms with van der Waals surface area (Å²) in [6, 6.07) is 0. The summed E-state index contributed by atoms with van der Waals surface area (Å²) in [6.07, 6.45) is 0. The molecule has 0 radical (unpaired) electrons. The Morgan fingerprint density at radius 2 is 2.00 bits per heavy atom. The monoisotopic (exact) mass is 141 g/mol. The Hall–Kier alpha value is -0.0800. The molecule has 1 saturated heterocycles. The van der Waals surface area contributed by atoms with Gasteiger partial charge < -0.3 is 10.0 Å². The highest BCUT2D eigenvalue weighted by Gasteiger charge is 2.54. The first-order chi connectivity index (χ1) is 4.86. The predicted octanol–water partition coefficient (Wildman–Crippen LogP) is 0.176. The van der Waals surface area contributed by atoms with E-state index in [0.29, 0.717) is 12.5 Å². The zero-order valence-electron chi connectivity index (χ0n) is 6.45. The van der Waals surface area contributed by atoms with Gasteiger partial charge in [-0.2, -0.15) is 0 Å². The molecule has 2 nitrogen and oxygen atoms in total. The van der Waals surface area contributed by atoms with Crippen molar-refractivity contribution in [1.29, 1.82) is 0 Å². The van der Waals surface area contributed by atoms with E-state index in [9.17, 15) is 0 Å². The molecule has 1 N–H and O–H groups in total. The van der Waals surface area contributed by atoms with Gasteiger partial charge in [-0.15, -0.1) is 0 Å². The fourth-order valence-electron chi connectivity index (χ4n) is 2.27. The molecule has 0 aromatic carbocycles. The van der Waals surface area contributed by atoms with E-state index in [1.54, 1.807) is 0 Å². The molecule has 58 valence electrons. The van der Waals surface area contributed by atoms with E-state index >= 15 is 0 Å². The second-order valence-corrected chi connectivity index (χ2v) is 3.53. The van der Waals surface area contributed by atoms with Crippen molar-refractivity contribution in [3.8, 4) is 0 Å². The number of aliphatic hydroxyl groups is 1. The van der Waals surface area contributed by atoms with Crippen molar-refractivity contribution in [2.24, 2.45) is 17.8 Å². The van der Waals surface area contributed by atoms with E-state index < -0.39 is 0 Å². The Balaban J connectivity index is 1.84. The van der Waals surface area contributed by atoms with Crippen LogP contribution in [0.3, 0.4) is 0 Å². The van der Waals surface area contributed by atoms with Crippen LogP contribution in [0.15, 0.2) is 0 Å². The van der Waals surface area contributed by atoms with Gasteiger partial charge in [0.15, 0.2) is 0 Å². The van der Waals surface area contributed by atoms with Gasteiger partial charge in [0.2, 0.25) is 0 Å². The summed E-state index contributed by atoms with van der Waals surface area (Å²) in [7, 11) is 0. The molecular weight excluding hydrogens is 126 g/mol. The van der Waals surface area contributed by atoms with Gasteiger partial charge >= 0.3 is 0 Å². The van der Waals surface area contributed by atoms with Gasteiger partial charge in [0.25, 0.3) is 0 Å². The number of piperidine rings is 1. The summed E-state index contributed by atoms with van der Waals surface area (Å²) in [5, 5.41) is 8.85. The smallest absolute Gasteiger partial charge is 0.0465 e. The van der Waals surface area contributed by atoms with E-state index in [-0.39, 0.29) is 0 Å². The van der Waals surface area contributed by atoms with E-state index in [2.05, 4.69) is 11.8 Å². The summed E-state index contributed by atoms with van der Waals surface area (Å²) in [5.41, 5.74) is 0. The highest BCUT2D eigenvalue weighted by Crippen LogP contribution is 2.50. The molecule has 0 amide bonds. The molecule has 3 atom stereocenters. The molecule has 2 aliphatic rings. The van der Waals surface area contributed by atoms with Gasteiger partial charge in [-0.1, -0.05) is 6.92 Å². The minimum atomic E-state index is 0.423. The second-order valence-electron chi connectivity index (χ2n) is 3.53.